The molecular formula is C23H29BrN2O2. The average molecular weight is 445 g/mol. The molecule has 0 aliphatic rings. The lowest BCUT2D eigenvalue weighted by Crippen LogP contribution is -2.48. The monoisotopic (exact) mass is 444 g/mol. The van der Waals surface area contributed by atoms with Crippen molar-refractivity contribution in [1.82, 2.24) is 10.2 Å². The summed E-state index contributed by atoms with van der Waals surface area (Å²) in [5.41, 5.74) is 3.07. The third-order valence-electron chi connectivity index (χ3n) is 4.68. The predicted octanol–water partition coefficient (Wildman–Crippen LogP) is 4.63. The molecular weight excluding hydrogens is 416 g/mol. The summed E-state index contributed by atoms with van der Waals surface area (Å²) in [5.74, 6) is -0.162. The number of unbranched alkanes of at least 4 members (excludes halogenated alkanes) is 1. The van der Waals surface area contributed by atoms with Gasteiger partial charge in [0.25, 0.3) is 0 Å². The van der Waals surface area contributed by atoms with Crippen molar-refractivity contribution in [2.24, 2.45) is 0 Å². The predicted molar refractivity (Wildman–Crippen MR) is 117 cm³/mol. The lowest BCUT2D eigenvalue weighted by atomic mass is 10.1. The molecule has 0 radical (unpaired) electrons. The lowest BCUT2D eigenvalue weighted by molar-refractivity contribution is -0.140. The molecule has 0 aliphatic carbocycles. The molecule has 1 atom stereocenters. The molecule has 2 aromatic rings. The van der Waals surface area contributed by atoms with Gasteiger partial charge >= 0.3 is 0 Å². The molecule has 5 heteroatoms. The first-order valence-corrected chi connectivity index (χ1v) is 10.6. The number of amides is 2. The molecule has 0 saturated heterocycles. The smallest absolute Gasteiger partial charge is 0.242 e. The first-order valence-electron chi connectivity index (χ1n) is 9.78. The van der Waals surface area contributed by atoms with Crippen LogP contribution in [0, 0.1) is 6.92 Å². The molecule has 0 fully saturated rings. The number of aryl methyl sites for hydroxylation is 1. The Morgan fingerprint density at radius 1 is 1.11 bits per heavy atom. The number of rotatable bonds is 9. The van der Waals surface area contributed by atoms with Crippen LogP contribution in [-0.4, -0.2) is 29.3 Å². The van der Waals surface area contributed by atoms with E-state index in [9.17, 15) is 9.59 Å². The van der Waals surface area contributed by atoms with Gasteiger partial charge < -0.3 is 10.2 Å². The zero-order valence-corrected chi connectivity index (χ0v) is 18.5. The topological polar surface area (TPSA) is 49.4 Å². The molecule has 150 valence electrons. The second-order valence-electron chi connectivity index (χ2n) is 7.14. The molecule has 0 aromatic heterocycles. The molecule has 0 aliphatic heterocycles. The van der Waals surface area contributed by atoms with Gasteiger partial charge in [0.2, 0.25) is 11.8 Å². The van der Waals surface area contributed by atoms with Gasteiger partial charge in [-0.2, -0.15) is 0 Å². The maximum atomic E-state index is 13.1. The van der Waals surface area contributed by atoms with Crippen molar-refractivity contribution < 1.29 is 9.59 Å². The lowest BCUT2D eigenvalue weighted by Gasteiger charge is -2.29. The fraction of sp³-hybridized carbons (Fsp3) is 0.391. The van der Waals surface area contributed by atoms with E-state index < -0.39 is 6.04 Å². The largest absolute Gasteiger partial charge is 0.354 e. The van der Waals surface area contributed by atoms with Crippen LogP contribution in [0.5, 0.6) is 0 Å². The van der Waals surface area contributed by atoms with E-state index in [-0.39, 0.29) is 18.2 Å². The molecule has 2 aromatic carbocycles. The molecule has 4 nitrogen and oxygen atoms in total. The van der Waals surface area contributed by atoms with Crippen molar-refractivity contribution in [3.63, 3.8) is 0 Å². The summed E-state index contributed by atoms with van der Waals surface area (Å²) in [7, 11) is 0. The Morgan fingerprint density at radius 2 is 1.82 bits per heavy atom. The molecule has 2 amide bonds. The van der Waals surface area contributed by atoms with E-state index in [1.165, 1.54) is 0 Å². The third-order valence-corrected chi connectivity index (χ3v) is 5.17. The van der Waals surface area contributed by atoms with Gasteiger partial charge in [0, 0.05) is 17.6 Å². The van der Waals surface area contributed by atoms with Crippen molar-refractivity contribution in [2.75, 3.05) is 6.54 Å². The van der Waals surface area contributed by atoms with Gasteiger partial charge in [-0.1, -0.05) is 71.2 Å². The van der Waals surface area contributed by atoms with Gasteiger partial charge in [-0.3, -0.25) is 9.59 Å². The number of halogens is 1. The van der Waals surface area contributed by atoms with Gasteiger partial charge in [0.15, 0.2) is 0 Å². The maximum absolute atomic E-state index is 13.1. The van der Waals surface area contributed by atoms with Crippen LogP contribution in [0.25, 0.3) is 0 Å². The Kier molecular flexibility index (Phi) is 8.71. The number of hydrogen-bond acceptors (Lipinski definition) is 2. The van der Waals surface area contributed by atoms with E-state index in [0.29, 0.717) is 13.1 Å². The third kappa shape index (κ3) is 6.79. The zero-order valence-electron chi connectivity index (χ0n) is 16.9. The molecule has 1 N–H and O–H groups in total. The van der Waals surface area contributed by atoms with Crippen LogP contribution in [-0.2, 0) is 22.6 Å². The molecule has 0 saturated carbocycles. The first-order chi connectivity index (χ1) is 13.4. The Hall–Kier alpha value is -2.14. The second-order valence-corrected chi connectivity index (χ2v) is 8.05. The fourth-order valence-electron chi connectivity index (χ4n) is 3.05. The van der Waals surface area contributed by atoms with E-state index in [2.05, 4.69) is 28.2 Å². The minimum absolute atomic E-state index is 0.0521. The van der Waals surface area contributed by atoms with Crippen LogP contribution in [0.2, 0.25) is 0 Å². The second kappa shape index (κ2) is 11.0. The van der Waals surface area contributed by atoms with E-state index in [1.807, 2.05) is 55.5 Å². The van der Waals surface area contributed by atoms with Crippen molar-refractivity contribution in [2.45, 2.75) is 52.6 Å². The van der Waals surface area contributed by atoms with Crippen LogP contribution in [0.1, 0.15) is 43.4 Å². The normalized spacial score (nSPS) is 11.7. The summed E-state index contributed by atoms with van der Waals surface area (Å²) in [4.78, 5) is 27.4. The van der Waals surface area contributed by atoms with E-state index in [1.54, 1.807) is 11.8 Å². The van der Waals surface area contributed by atoms with Crippen LogP contribution in [0.3, 0.4) is 0 Å². The summed E-state index contributed by atoms with van der Waals surface area (Å²) in [6.45, 7) is 6.92. The summed E-state index contributed by atoms with van der Waals surface area (Å²) < 4.78 is 0.955. The van der Waals surface area contributed by atoms with Crippen LogP contribution < -0.4 is 5.32 Å². The quantitative estimate of drug-likeness (QED) is 0.572. The minimum Gasteiger partial charge on any atom is -0.354 e. The molecule has 2 rings (SSSR count). The number of nitrogens with one attached hydrogen (secondary N) is 1. The molecule has 0 heterocycles. The average Bonchev–Trinajstić information content (AvgIpc) is 2.65. The maximum Gasteiger partial charge on any atom is 0.242 e. The van der Waals surface area contributed by atoms with Gasteiger partial charge in [-0.15, -0.1) is 0 Å². The van der Waals surface area contributed by atoms with E-state index >= 15 is 0 Å². The molecule has 0 bridgehead atoms. The van der Waals surface area contributed by atoms with E-state index in [4.69, 9.17) is 0 Å². The first kappa shape index (κ1) is 22.2. The van der Waals surface area contributed by atoms with E-state index in [0.717, 1.165) is 34.0 Å². The van der Waals surface area contributed by atoms with Crippen LogP contribution in [0.4, 0.5) is 0 Å². The fourth-order valence-corrected chi connectivity index (χ4v) is 3.50. The summed E-state index contributed by atoms with van der Waals surface area (Å²) in [6, 6.07) is 15.2. The SMILES string of the molecule is CCCCNC(=O)[C@@H](C)N(Cc1cccc(Br)c1)C(=O)Cc1cccc(C)c1. The molecule has 0 spiro atoms. The van der Waals surface area contributed by atoms with Gasteiger partial charge in [0.1, 0.15) is 6.04 Å². The Bertz CT molecular complexity index is 807. The zero-order chi connectivity index (χ0) is 20.5. The van der Waals surface area contributed by atoms with Crippen molar-refractivity contribution in [3.05, 3.63) is 69.7 Å². The van der Waals surface area contributed by atoms with Crippen molar-refractivity contribution >= 4 is 27.7 Å². The van der Waals surface area contributed by atoms with Crippen molar-refractivity contribution in [1.29, 1.82) is 0 Å². The highest BCUT2D eigenvalue weighted by atomic mass is 79.9. The van der Waals surface area contributed by atoms with Gasteiger partial charge in [-0.05, 0) is 43.5 Å². The Morgan fingerprint density at radius 3 is 2.50 bits per heavy atom. The molecule has 28 heavy (non-hydrogen) atoms. The Balaban J connectivity index is 2.18. The van der Waals surface area contributed by atoms with Gasteiger partial charge in [0.05, 0.1) is 6.42 Å². The minimum atomic E-state index is -0.534. The van der Waals surface area contributed by atoms with Crippen LogP contribution >= 0.6 is 15.9 Å². The summed E-state index contributed by atoms with van der Waals surface area (Å²) in [6.07, 6.45) is 2.23. The standard InChI is InChI=1S/C23H29BrN2O2/c1-4-5-12-25-23(28)18(3)26(16-20-10-7-11-21(24)14-20)22(27)15-19-9-6-8-17(2)13-19/h6-11,13-14,18H,4-5,12,15-16H2,1-3H3,(H,25,28)/t18-/m1/s1. The van der Waals surface area contributed by atoms with Crippen molar-refractivity contribution in [3.8, 4) is 0 Å². The summed E-state index contributed by atoms with van der Waals surface area (Å²) in [5, 5.41) is 2.95. The van der Waals surface area contributed by atoms with Crippen LogP contribution in [0.15, 0.2) is 53.0 Å². The van der Waals surface area contributed by atoms with Gasteiger partial charge in [-0.25, -0.2) is 0 Å². The summed E-state index contributed by atoms with van der Waals surface area (Å²) >= 11 is 3.48. The number of hydrogen-bond donors (Lipinski definition) is 1. The number of nitrogens with zero attached hydrogens (tertiary/aromatic N) is 1. The highest BCUT2D eigenvalue weighted by Gasteiger charge is 2.26. The number of carbonyl (C=O) groups excluding carboxylic acids is 2. The number of benzene rings is 2. The Labute approximate surface area is 176 Å². The number of carbonyl (C=O) groups is 2. The highest BCUT2D eigenvalue weighted by molar-refractivity contribution is 9.10. The highest BCUT2D eigenvalue weighted by Crippen LogP contribution is 2.17. The molecule has 0 unspecified atom stereocenters.